The van der Waals surface area contributed by atoms with Gasteiger partial charge in [0, 0.05) is 18.9 Å². The van der Waals surface area contributed by atoms with Crippen molar-refractivity contribution in [1.29, 1.82) is 0 Å². The molecule has 0 aliphatic heterocycles. The smallest absolute Gasteiger partial charge is 0.265 e. The summed E-state index contributed by atoms with van der Waals surface area (Å²) in [6.07, 6.45) is 4.27. The SMILES string of the molecule is Cn1cc(S(=O)(=O)Nc2ccc(-n3cncn3)cc2)cc1C(N)=O. The molecule has 9 nitrogen and oxygen atoms in total. The monoisotopic (exact) mass is 346 g/mol. The quantitative estimate of drug-likeness (QED) is 0.696. The summed E-state index contributed by atoms with van der Waals surface area (Å²) in [5.41, 5.74) is 6.43. The van der Waals surface area contributed by atoms with Gasteiger partial charge in [-0.15, -0.1) is 0 Å². The Morgan fingerprint density at radius 3 is 2.50 bits per heavy atom. The number of nitrogens with two attached hydrogens (primary N) is 1. The predicted molar refractivity (Wildman–Crippen MR) is 86.1 cm³/mol. The molecule has 0 atom stereocenters. The number of carbonyl (C=O) groups excluding carboxylic acids is 1. The Bertz CT molecular complexity index is 974. The second-order valence-corrected chi connectivity index (χ2v) is 6.71. The van der Waals surface area contributed by atoms with Crippen LogP contribution in [0.1, 0.15) is 10.5 Å². The topological polar surface area (TPSA) is 125 Å². The fourth-order valence-electron chi connectivity index (χ4n) is 2.16. The summed E-state index contributed by atoms with van der Waals surface area (Å²) in [5, 5.41) is 3.99. The summed E-state index contributed by atoms with van der Waals surface area (Å²) in [5.74, 6) is -0.698. The van der Waals surface area contributed by atoms with Crippen molar-refractivity contribution in [2.45, 2.75) is 4.90 Å². The summed E-state index contributed by atoms with van der Waals surface area (Å²) < 4.78 is 30.2. The maximum absolute atomic E-state index is 12.4. The number of anilines is 1. The average Bonchev–Trinajstić information content (AvgIpc) is 3.17. The zero-order valence-corrected chi connectivity index (χ0v) is 13.4. The van der Waals surface area contributed by atoms with Gasteiger partial charge in [0.15, 0.2) is 0 Å². The molecule has 0 aliphatic carbocycles. The first-order valence-electron chi connectivity index (χ1n) is 6.81. The van der Waals surface area contributed by atoms with Crippen LogP contribution in [0.25, 0.3) is 5.69 Å². The van der Waals surface area contributed by atoms with Crippen LogP contribution in [0.3, 0.4) is 0 Å². The molecule has 1 amide bonds. The number of hydrogen-bond acceptors (Lipinski definition) is 5. The minimum atomic E-state index is -3.83. The fraction of sp³-hybridized carbons (Fsp3) is 0.0714. The molecule has 10 heteroatoms. The molecule has 0 saturated carbocycles. The summed E-state index contributed by atoms with van der Waals surface area (Å²) in [7, 11) is -2.28. The lowest BCUT2D eigenvalue weighted by molar-refractivity contribution is 0.0992. The van der Waals surface area contributed by atoms with Crippen molar-refractivity contribution < 1.29 is 13.2 Å². The second-order valence-electron chi connectivity index (χ2n) is 5.03. The normalized spacial score (nSPS) is 11.4. The summed E-state index contributed by atoms with van der Waals surface area (Å²) >= 11 is 0. The van der Waals surface area contributed by atoms with E-state index in [9.17, 15) is 13.2 Å². The van der Waals surface area contributed by atoms with E-state index < -0.39 is 15.9 Å². The number of nitrogens with zero attached hydrogens (tertiary/aromatic N) is 4. The van der Waals surface area contributed by atoms with Gasteiger partial charge in [-0.05, 0) is 30.3 Å². The first-order valence-corrected chi connectivity index (χ1v) is 8.29. The molecule has 124 valence electrons. The van der Waals surface area contributed by atoms with Crippen molar-refractivity contribution in [2.75, 3.05) is 4.72 Å². The summed E-state index contributed by atoms with van der Waals surface area (Å²) in [4.78, 5) is 15.0. The lowest BCUT2D eigenvalue weighted by Crippen LogP contribution is -2.14. The third kappa shape index (κ3) is 2.99. The number of amides is 1. The Morgan fingerprint density at radius 1 is 1.25 bits per heavy atom. The Hall–Kier alpha value is -3.14. The molecule has 0 bridgehead atoms. The minimum absolute atomic E-state index is 0.0425. The molecule has 2 heterocycles. The van der Waals surface area contributed by atoms with Crippen LogP contribution >= 0.6 is 0 Å². The van der Waals surface area contributed by atoms with E-state index in [0.717, 1.165) is 5.69 Å². The standard InChI is InChI=1S/C14H14N6O3S/c1-19-7-12(6-13(19)14(15)21)24(22,23)18-10-2-4-11(5-3-10)20-9-16-8-17-20/h2-9,18H,1H3,(H2,15,21). The molecule has 1 aromatic carbocycles. The van der Waals surface area contributed by atoms with Gasteiger partial charge in [-0.25, -0.2) is 18.1 Å². The van der Waals surface area contributed by atoms with Gasteiger partial charge in [0.2, 0.25) is 0 Å². The van der Waals surface area contributed by atoms with Crippen molar-refractivity contribution >= 4 is 21.6 Å². The van der Waals surface area contributed by atoms with Crippen LogP contribution in [-0.4, -0.2) is 33.7 Å². The van der Waals surface area contributed by atoms with Crippen LogP contribution in [-0.2, 0) is 17.1 Å². The number of aromatic nitrogens is 4. The lowest BCUT2D eigenvalue weighted by atomic mass is 10.3. The van der Waals surface area contributed by atoms with E-state index >= 15 is 0 Å². The van der Waals surface area contributed by atoms with Crippen molar-refractivity contribution in [3.8, 4) is 5.69 Å². The van der Waals surface area contributed by atoms with Crippen LogP contribution in [0.15, 0.2) is 54.1 Å². The second kappa shape index (κ2) is 5.81. The first kappa shape index (κ1) is 15.7. The van der Waals surface area contributed by atoms with Gasteiger partial charge in [-0.3, -0.25) is 9.52 Å². The molecule has 3 rings (SSSR count). The molecule has 0 unspecified atom stereocenters. The van der Waals surface area contributed by atoms with E-state index in [4.69, 9.17) is 5.73 Å². The zero-order valence-electron chi connectivity index (χ0n) is 12.6. The molecule has 0 spiro atoms. The molecule has 3 aromatic rings. The van der Waals surface area contributed by atoms with Gasteiger partial charge in [0.1, 0.15) is 23.2 Å². The number of nitrogens with one attached hydrogen (secondary N) is 1. The number of primary amides is 1. The van der Waals surface area contributed by atoms with E-state index in [1.165, 1.54) is 29.5 Å². The first-order chi connectivity index (χ1) is 11.4. The van der Waals surface area contributed by atoms with Crippen molar-refractivity contribution in [3.63, 3.8) is 0 Å². The van der Waals surface area contributed by atoms with E-state index in [1.54, 1.807) is 36.0 Å². The number of hydrogen-bond donors (Lipinski definition) is 2. The fourth-order valence-corrected chi connectivity index (χ4v) is 3.29. The van der Waals surface area contributed by atoms with Crippen molar-refractivity contribution in [3.05, 3.63) is 54.9 Å². The van der Waals surface area contributed by atoms with Crippen molar-refractivity contribution in [1.82, 2.24) is 19.3 Å². The van der Waals surface area contributed by atoms with Crippen LogP contribution in [0.4, 0.5) is 5.69 Å². The Balaban J connectivity index is 1.84. The summed E-state index contributed by atoms with van der Waals surface area (Å²) in [6.45, 7) is 0. The maximum Gasteiger partial charge on any atom is 0.265 e. The number of carbonyl (C=O) groups is 1. The van der Waals surface area contributed by atoms with E-state index in [0.29, 0.717) is 5.69 Å². The molecule has 0 saturated heterocycles. The highest BCUT2D eigenvalue weighted by atomic mass is 32.2. The van der Waals surface area contributed by atoms with Gasteiger partial charge < -0.3 is 10.3 Å². The molecule has 0 fully saturated rings. The Kier molecular flexibility index (Phi) is 3.81. The average molecular weight is 346 g/mol. The highest BCUT2D eigenvalue weighted by Crippen LogP contribution is 2.19. The van der Waals surface area contributed by atoms with Gasteiger partial charge in [-0.1, -0.05) is 0 Å². The highest BCUT2D eigenvalue weighted by molar-refractivity contribution is 7.92. The molecule has 24 heavy (non-hydrogen) atoms. The number of rotatable bonds is 5. The number of benzene rings is 1. The van der Waals surface area contributed by atoms with E-state index in [2.05, 4.69) is 14.8 Å². The van der Waals surface area contributed by atoms with Gasteiger partial charge in [0.05, 0.1) is 5.69 Å². The molecular weight excluding hydrogens is 332 g/mol. The van der Waals surface area contributed by atoms with Crippen LogP contribution in [0, 0.1) is 0 Å². The zero-order chi connectivity index (χ0) is 17.3. The van der Waals surface area contributed by atoms with Gasteiger partial charge in [-0.2, -0.15) is 5.10 Å². The van der Waals surface area contributed by atoms with Crippen molar-refractivity contribution in [2.24, 2.45) is 12.8 Å². The molecule has 0 aliphatic rings. The van der Waals surface area contributed by atoms with Gasteiger partial charge >= 0.3 is 0 Å². The number of aryl methyl sites for hydroxylation is 1. The Labute approximate surface area is 137 Å². The van der Waals surface area contributed by atoms with Crippen LogP contribution < -0.4 is 10.5 Å². The van der Waals surface area contributed by atoms with Crippen LogP contribution in [0.2, 0.25) is 0 Å². The molecule has 2 aromatic heterocycles. The number of sulfonamides is 1. The van der Waals surface area contributed by atoms with Crippen LogP contribution in [0.5, 0.6) is 0 Å². The third-order valence-corrected chi connectivity index (χ3v) is 4.69. The van der Waals surface area contributed by atoms with E-state index in [1.807, 2.05) is 0 Å². The predicted octanol–water partition coefficient (Wildman–Crippen LogP) is 0.506. The molecular formula is C14H14N6O3S. The Morgan fingerprint density at radius 2 is 1.96 bits per heavy atom. The lowest BCUT2D eigenvalue weighted by Gasteiger charge is -2.07. The molecule has 0 radical (unpaired) electrons. The minimum Gasteiger partial charge on any atom is -0.364 e. The third-order valence-electron chi connectivity index (χ3n) is 3.35. The van der Waals surface area contributed by atoms with E-state index in [-0.39, 0.29) is 10.6 Å². The molecule has 3 N–H and O–H groups in total. The largest absolute Gasteiger partial charge is 0.364 e. The summed E-state index contributed by atoms with van der Waals surface area (Å²) in [6, 6.07) is 7.84. The maximum atomic E-state index is 12.4. The highest BCUT2D eigenvalue weighted by Gasteiger charge is 2.19. The van der Waals surface area contributed by atoms with Gasteiger partial charge in [0.25, 0.3) is 15.9 Å².